The first-order valence-corrected chi connectivity index (χ1v) is 7.99. The maximum Gasteiger partial charge on any atom is 0.265 e. The van der Waals surface area contributed by atoms with Gasteiger partial charge >= 0.3 is 0 Å². The van der Waals surface area contributed by atoms with Gasteiger partial charge in [0, 0.05) is 10.7 Å². The second kappa shape index (κ2) is 9.49. The number of hydrogen-bond donors (Lipinski definition) is 1. The Bertz CT molecular complexity index is 753. The number of rotatable bonds is 7. The summed E-state index contributed by atoms with van der Waals surface area (Å²) in [6.45, 7) is 1.62. The Kier molecular flexibility index (Phi) is 7.04. The number of carbonyl (C=O) groups excluding carboxylic acids is 1. The lowest BCUT2D eigenvalue weighted by Gasteiger charge is -2.05. The number of carbonyl (C=O) groups is 1. The van der Waals surface area contributed by atoms with Gasteiger partial charge in [0.2, 0.25) is 0 Å². The van der Waals surface area contributed by atoms with Crippen LogP contribution in [-0.2, 0) is 9.63 Å². The van der Waals surface area contributed by atoms with E-state index in [2.05, 4.69) is 10.5 Å². The van der Waals surface area contributed by atoms with Crippen LogP contribution in [0.5, 0.6) is 5.75 Å². The van der Waals surface area contributed by atoms with Crippen LogP contribution in [0.4, 0.5) is 5.69 Å². The fourth-order valence-corrected chi connectivity index (χ4v) is 2.01. The van der Waals surface area contributed by atoms with Crippen molar-refractivity contribution in [3.8, 4) is 5.75 Å². The molecule has 2 rings (SSSR count). The van der Waals surface area contributed by atoms with E-state index in [1.807, 2.05) is 30.3 Å². The average molecular weight is 359 g/mol. The van der Waals surface area contributed by atoms with Gasteiger partial charge in [-0.1, -0.05) is 35.0 Å². The van der Waals surface area contributed by atoms with Crippen molar-refractivity contribution < 1.29 is 14.4 Å². The summed E-state index contributed by atoms with van der Waals surface area (Å²) in [5.41, 5.74) is 2.31. The van der Waals surface area contributed by atoms with Crippen LogP contribution in [-0.4, -0.2) is 25.3 Å². The molecule has 130 valence electrons. The third kappa shape index (κ3) is 6.69. The third-order valence-electron chi connectivity index (χ3n) is 3.16. The second-order valence-corrected chi connectivity index (χ2v) is 5.60. The molecule has 1 N–H and O–H groups in total. The average Bonchev–Trinajstić information content (AvgIpc) is 2.62. The largest absolute Gasteiger partial charge is 0.497 e. The van der Waals surface area contributed by atoms with E-state index in [-0.39, 0.29) is 12.5 Å². The van der Waals surface area contributed by atoms with Crippen molar-refractivity contribution >= 4 is 35.0 Å². The molecule has 0 bridgehead atoms. The Morgan fingerprint density at radius 2 is 1.84 bits per heavy atom. The number of hydrogen-bond acceptors (Lipinski definition) is 4. The zero-order valence-electron chi connectivity index (χ0n) is 14.0. The first-order valence-electron chi connectivity index (χ1n) is 7.61. The number of methoxy groups -OCH3 is 1. The summed E-state index contributed by atoms with van der Waals surface area (Å²) < 4.78 is 5.06. The molecule has 0 spiro atoms. The first kappa shape index (κ1) is 18.5. The number of benzene rings is 2. The summed E-state index contributed by atoms with van der Waals surface area (Å²) in [7, 11) is 1.59. The molecule has 0 saturated carbocycles. The Hall–Kier alpha value is -2.79. The van der Waals surface area contributed by atoms with E-state index in [4.69, 9.17) is 21.2 Å². The molecule has 2 aromatic carbocycles. The molecule has 0 aliphatic rings. The van der Waals surface area contributed by atoms with Crippen LogP contribution in [0.15, 0.2) is 59.8 Å². The van der Waals surface area contributed by atoms with Crippen molar-refractivity contribution in [1.82, 2.24) is 0 Å². The molecule has 1 amide bonds. The summed E-state index contributed by atoms with van der Waals surface area (Å²) in [6.07, 6.45) is 3.68. The van der Waals surface area contributed by atoms with Crippen molar-refractivity contribution in [2.45, 2.75) is 6.92 Å². The first-order chi connectivity index (χ1) is 12.1. The summed E-state index contributed by atoms with van der Waals surface area (Å²) in [5.74, 6) is 0.436. The minimum atomic E-state index is -0.289. The molecule has 0 radical (unpaired) electrons. The zero-order valence-corrected chi connectivity index (χ0v) is 14.8. The summed E-state index contributed by atoms with van der Waals surface area (Å²) >= 11 is 5.83. The van der Waals surface area contributed by atoms with E-state index in [9.17, 15) is 4.79 Å². The maximum absolute atomic E-state index is 11.8. The minimum absolute atomic E-state index is 0.168. The van der Waals surface area contributed by atoms with Gasteiger partial charge in [-0.3, -0.25) is 4.79 Å². The molecule has 0 unspecified atom stereocenters. The smallest absolute Gasteiger partial charge is 0.265 e. The number of allylic oxidation sites excluding steroid dienone is 1. The number of amides is 1. The Morgan fingerprint density at radius 1 is 1.16 bits per heavy atom. The monoisotopic (exact) mass is 358 g/mol. The van der Waals surface area contributed by atoms with Crippen LogP contribution in [0.25, 0.3) is 6.08 Å². The molecular formula is C19H19ClN2O3. The lowest BCUT2D eigenvalue weighted by Crippen LogP contribution is -2.17. The highest BCUT2D eigenvalue weighted by atomic mass is 35.5. The van der Waals surface area contributed by atoms with Gasteiger partial charge in [-0.05, 0) is 55.0 Å². The van der Waals surface area contributed by atoms with Crippen LogP contribution < -0.4 is 10.1 Å². The molecule has 0 atom stereocenters. The quantitative estimate of drug-likeness (QED) is 0.589. The number of ether oxygens (including phenoxy) is 1. The predicted molar refractivity (Wildman–Crippen MR) is 101 cm³/mol. The van der Waals surface area contributed by atoms with Crippen molar-refractivity contribution in [3.63, 3.8) is 0 Å². The van der Waals surface area contributed by atoms with E-state index in [1.54, 1.807) is 44.4 Å². The molecule has 0 fully saturated rings. The van der Waals surface area contributed by atoms with Crippen LogP contribution in [0, 0.1) is 0 Å². The van der Waals surface area contributed by atoms with Crippen LogP contribution in [0.3, 0.4) is 0 Å². The van der Waals surface area contributed by atoms with Crippen molar-refractivity contribution in [1.29, 1.82) is 0 Å². The number of anilines is 1. The molecule has 0 saturated heterocycles. The van der Waals surface area contributed by atoms with E-state index >= 15 is 0 Å². The molecule has 0 aliphatic heterocycles. The third-order valence-corrected chi connectivity index (χ3v) is 3.42. The SMILES string of the molecule is COc1ccc(NC(=O)CO/N=C(C)/C=C/c2ccc(Cl)cc2)cc1. The van der Waals surface area contributed by atoms with Crippen LogP contribution in [0.2, 0.25) is 5.02 Å². The van der Waals surface area contributed by atoms with E-state index in [0.29, 0.717) is 16.4 Å². The highest BCUT2D eigenvalue weighted by Crippen LogP contribution is 2.14. The summed E-state index contributed by atoms with van der Waals surface area (Å²) in [4.78, 5) is 16.9. The van der Waals surface area contributed by atoms with Gasteiger partial charge in [-0.2, -0.15) is 0 Å². The number of oxime groups is 1. The van der Waals surface area contributed by atoms with Crippen molar-refractivity contribution in [2.75, 3.05) is 19.0 Å². The van der Waals surface area contributed by atoms with Gasteiger partial charge in [0.1, 0.15) is 5.75 Å². The van der Waals surface area contributed by atoms with E-state index < -0.39 is 0 Å². The molecular weight excluding hydrogens is 340 g/mol. The fourth-order valence-electron chi connectivity index (χ4n) is 1.89. The fraction of sp³-hybridized carbons (Fsp3) is 0.158. The maximum atomic E-state index is 11.8. The van der Waals surface area contributed by atoms with Crippen LogP contribution >= 0.6 is 11.6 Å². The topological polar surface area (TPSA) is 59.9 Å². The van der Waals surface area contributed by atoms with Gasteiger partial charge in [0.25, 0.3) is 5.91 Å². The van der Waals surface area contributed by atoms with Crippen molar-refractivity contribution in [3.05, 3.63) is 65.2 Å². The highest BCUT2D eigenvalue weighted by molar-refractivity contribution is 6.30. The number of nitrogens with one attached hydrogen (secondary N) is 1. The molecule has 2 aromatic rings. The predicted octanol–water partition coefficient (Wildman–Crippen LogP) is 4.39. The zero-order chi connectivity index (χ0) is 18.1. The normalized spacial score (nSPS) is 11.4. The van der Waals surface area contributed by atoms with Gasteiger partial charge in [0.05, 0.1) is 12.8 Å². The molecule has 5 nitrogen and oxygen atoms in total. The summed E-state index contributed by atoms with van der Waals surface area (Å²) in [6, 6.07) is 14.5. The minimum Gasteiger partial charge on any atom is -0.497 e. The molecule has 6 heteroatoms. The molecule has 0 aliphatic carbocycles. The lowest BCUT2D eigenvalue weighted by molar-refractivity contribution is -0.120. The molecule has 0 heterocycles. The standard InChI is InChI=1S/C19H19ClN2O3/c1-14(3-4-15-5-7-16(20)8-6-15)22-25-13-19(23)21-17-9-11-18(24-2)12-10-17/h3-12H,13H2,1-2H3,(H,21,23)/b4-3+,22-14+. The number of nitrogens with zero attached hydrogens (tertiary/aromatic N) is 1. The second-order valence-electron chi connectivity index (χ2n) is 5.17. The van der Waals surface area contributed by atoms with E-state index in [0.717, 1.165) is 11.3 Å². The summed E-state index contributed by atoms with van der Waals surface area (Å²) in [5, 5.41) is 7.29. The van der Waals surface area contributed by atoms with Crippen molar-refractivity contribution in [2.24, 2.45) is 5.16 Å². The van der Waals surface area contributed by atoms with Gasteiger partial charge < -0.3 is 14.9 Å². The highest BCUT2D eigenvalue weighted by Gasteiger charge is 2.03. The molecule has 25 heavy (non-hydrogen) atoms. The van der Waals surface area contributed by atoms with Gasteiger partial charge in [0.15, 0.2) is 6.61 Å². The Balaban J connectivity index is 1.78. The van der Waals surface area contributed by atoms with Gasteiger partial charge in [-0.15, -0.1) is 0 Å². The van der Waals surface area contributed by atoms with Gasteiger partial charge in [-0.25, -0.2) is 0 Å². The molecule has 0 aromatic heterocycles. The Morgan fingerprint density at radius 3 is 2.48 bits per heavy atom. The number of halogens is 1. The Labute approximate surface area is 151 Å². The lowest BCUT2D eigenvalue weighted by atomic mass is 10.2. The van der Waals surface area contributed by atoms with E-state index in [1.165, 1.54) is 0 Å². The van der Waals surface area contributed by atoms with Crippen LogP contribution in [0.1, 0.15) is 12.5 Å².